The Morgan fingerprint density at radius 2 is 2.04 bits per heavy atom. The summed E-state index contributed by atoms with van der Waals surface area (Å²) in [7, 11) is 0. The van der Waals surface area contributed by atoms with Gasteiger partial charge in [0.15, 0.2) is 0 Å². The van der Waals surface area contributed by atoms with E-state index in [1.807, 2.05) is 48.5 Å². The first-order chi connectivity index (χ1) is 12.2. The van der Waals surface area contributed by atoms with Crippen LogP contribution in [-0.4, -0.2) is 31.7 Å². The number of ether oxygens (including phenoxy) is 2. The van der Waals surface area contributed by atoms with Gasteiger partial charge in [-0.15, -0.1) is 0 Å². The van der Waals surface area contributed by atoms with E-state index in [1.165, 1.54) is 0 Å². The molecule has 3 rings (SSSR count). The van der Waals surface area contributed by atoms with E-state index in [0.717, 1.165) is 23.5 Å². The van der Waals surface area contributed by atoms with Crippen molar-refractivity contribution in [1.82, 2.24) is 5.32 Å². The number of carbonyl (C=O) groups is 1. The Hall–Kier alpha value is -2.08. The molecule has 5 nitrogen and oxygen atoms in total. The van der Waals surface area contributed by atoms with Crippen molar-refractivity contribution in [3.05, 3.63) is 59.1 Å². The standard InChI is InChI=1S/C19H21ClN2O3/c20-18-4-2-1-3-14(18)12-25-17-7-5-15(6-8-17)22-19(23)11-16-13-24-10-9-21-16/h1-8,16,21H,9-13H2,(H,22,23). The highest BCUT2D eigenvalue weighted by Crippen LogP contribution is 2.20. The van der Waals surface area contributed by atoms with Gasteiger partial charge in [0.1, 0.15) is 12.4 Å². The zero-order valence-electron chi connectivity index (χ0n) is 13.8. The first-order valence-corrected chi connectivity index (χ1v) is 8.66. The van der Waals surface area contributed by atoms with Crippen molar-refractivity contribution in [2.45, 2.75) is 19.1 Å². The van der Waals surface area contributed by atoms with Crippen molar-refractivity contribution in [3.63, 3.8) is 0 Å². The second kappa shape index (κ2) is 8.85. The summed E-state index contributed by atoms with van der Waals surface area (Å²) in [6, 6.07) is 15.0. The average molecular weight is 361 g/mol. The van der Waals surface area contributed by atoms with Crippen molar-refractivity contribution in [3.8, 4) is 5.75 Å². The van der Waals surface area contributed by atoms with E-state index < -0.39 is 0 Å². The van der Waals surface area contributed by atoms with Crippen LogP contribution in [0.3, 0.4) is 0 Å². The van der Waals surface area contributed by atoms with Crippen molar-refractivity contribution >= 4 is 23.2 Å². The number of halogens is 1. The maximum Gasteiger partial charge on any atom is 0.226 e. The molecule has 0 saturated carbocycles. The van der Waals surface area contributed by atoms with E-state index in [-0.39, 0.29) is 11.9 Å². The number of morpholine rings is 1. The molecule has 0 bridgehead atoms. The van der Waals surface area contributed by atoms with Gasteiger partial charge < -0.3 is 20.1 Å². The predicted octanol–water partition coefficient (Wildman–Crippen LogP) is 3.24. The van der Waals surface area contributed by atoms with Crippen LogP contribution in [0.4, 0.5) is 5.69 Å². The van der Waals surface area contributed by atoms with Gasteiger partial charge in [-0.2, -0.15) is 0 Å². The van der Waals surface area contributed by atoms with E-state index in [0.29, 0.717) is 31.3 Å². The monoisotopic (exact) mass is 360 g/mol. The highest BCUT2D eigenvalue weighted by Gasteiger charge is 2.16. The van der Waals surface area contributed by atoms with Crippen molar-refractivity contribution < 1.29 is 14.3 Å². The van der Waals surface area contributed by atoms with E-state index in [9.17, 15) is 4.79 Å². The number of carbonyl (C=O) groups excluding carboxylic acids is 1. The Bertz CT molecular complexity index is 700. The van der Waals surface area contributed by atoms with E-state index >= 15 is 0 Å². The summed E-state index contributed by atoms with van der Waals surface area (Å²) in [5, 5.41) is 6.84. The van der Waals surface area contributed by atoms with Crippen LogP contribution in [0.15, 0.2) is 48.5 Å². The van der Waals surface area contributed by atoms with Crippen molar-refractivity contribution in [1.29, 1.82) is 0 Å². The molecule has 1 amide bonds. The maximum atomic E-state index is 12.1. The minimum atomic E-state index is -0.0345. The lowest BCUT2D eigenvalue weighted by molar-refractivity contribution is -0.117. The lowest BCUT2D eigenvalue weighted by Gasteiger charge is -2.23. The molecule has 2 aromatic rings. The largest absolute Gasteiger partial charge is 0.489 e. The van der Waals surface area contributed by atoms with E-state index in [4.69, 9.17) is 21.1 Å². The third-order valence-corrected chi connectivity index (χ3v) is 4.29. The summed E-state index contributed by atoms with van der Waals surface area (Å²) in [5.41, 5.74) is 1.68. The zero-order valence-corrected chi connectivity index (χ0v) is 14.6. The van der Waals surface area contributed by atoms with Crippen LogP contribution in [-0.2, 0) is 16.1 Å². The Kier molecular flexibility index (Phi) is 6.28. The number of rotatable bonds is 6. The normalized spacial score (nSPS) is 17.1. The summed E-state index contributed by atoms with van der Waals surface area (Å²) in [6.07, 6.45) is 0.394. The summed E-state index contributed by atoms with van der Waals surface area (Å²) in [6.45, 7) is 2.46. The molecule has 1 atom stereocenters. The highest BCUT2D eigenvalue weighted by molar-refractivity contribution is 6.31. The van der Waals surface area contributed by atoms with Crippen molar-refractivity contribution in [2.24, 2.45) is 0 Å². The number of anilines is 1. The van der Waals surface area contributed by atoms with Gasteiger partial charge >= 0.3 is 0 Å². The first kappa shape index (κ1) is 17.7. The fourth-order valence-corrected chi connectivity index (χ4v) is 2.79. The fraction of sp³-hybridized carbons (Fsp3) is 0.316. The van der Waals surface area contributed by atoms with Gasteiger partial charge in [0, 0.05) is 35.3 Å². The molecule has 6 heteroatoms. The molecular weight excluding hydrogens is 340 g/mol. The Balaban J connectivity index is 1.48. The van der Waals surface area contributed by atoms with Gasteiger partial charge in [-0.25, -0.2) is 0 Å². The molecule has 1 fully saturated rings. The summed E-state index contributed by atoms with van der Waals surface area (Å²) in [4.78, 5) is 12.1. The minimum absolute atomic E-state index is 0.0345. The van der Waals surface area contributed by atoms with Crippen LogP contribution in [0, 0.1) is 0 Å². The Morgan fingerprint density at radius 3 is 2.76 bits per heavy atom. The molecule has 2 aromatic carbocycles. The zero-order chi connectivity index (χ0) is 17.5. The van der Waals surface area contributed by atoms with Gasteiger partial charge in [-0.3, -0.25) is 4.79 Å². The summed E-state index contributed by atoms with van der Waals surface area (Å²) in [5.74, 6) is 0.688. The predicted molar refractivity (Wildman–Crippen MR) is 98.1 cm³/mol. The molecule has 1 heterocycles. The second-order valence-electron chi connectivity index (χ2n) is 5.88. The Labute approximate surface area is 152 Å². The topological polar surface area (TPSA) is 59.6 Å². The van der Waals surface area contributed by atoms with Gasteiger partial charge in [-0.1, -0.05) is 29.8 Å². The molecule has 25 heavy (non-hydrogen) atoms. The number of amides is 1. The molecule has 1 saturated heterocycles. The molecule has 1 aliphatic heterocycles. The lowest BCUT2D eigenvalue weighted by atomic mass is 10.2. The number of hydrogen-bond acceptors (Lipinski definition) is 4. The highest BCUT2D eigenvalue weighted by atomic mass is 35.5. The molecule has 0 aliphatic carbocycles. The third-order valence-electron chi connectivity index (χ3n) is 3.92. The van der Waals surface area contributed by atoms with Gasteiger partial charge in [0.2, 0.25) is 5.91 Å². The fourth-order valence-electron chi connectivity index (χ4n) is 2.60. The summed E-state index contributed by atoms with van der Waals surface area (Å²) < 4.78 is 11.1. The first-order valence-electron chi connectivity index (χ1n) is 8.28. The second-order valence-corrected chi connectivity index (χ2v) is 6.29. The van der Waals surface area contributed by atoms with Crippen LogP contribution >= 0.6 is 11.6 Å². The number of nitrogens with one attached hydrogen (secondary N) is 2. The van der Waals surface area contributed by atoms with Crippen LogP contribution < -0.4 is 15.4 Å². The van der Waals surface area contributed by atoms with Crippen LogP contribution in [0.5, 0.6) is 5.75 Å². The molecule has 132 valence electrons. The SMILES string of the molecule is O=C(CC1COCCN1)Nc1ccc(OCc2ccccc2Cl)cc1. The molecule has 1 aliphatic rings. The van der Waals surface area contributed by atoms with Crippen LogP contribution in [0.25, 0.3) is 0 Å². The number of hydrogen-bond donors (Lipinski definition) is 2. The quantitative estimate of drug-likeness (QED) is 0.830. The molecule has 2 N–H and O–H groups in total. The van der Waals surface area contributed by atoms with Gasteiger partial charge in [-0.05, 0) is 30.3 Å². The van der Waals surface area contributed by atoms with Gasteiger partial charge in [0.05, 0.1) is 13.2 Å². The molecule has 0 radical (unpaired) electrons. The Morgan fingerprint density at radius 1 is 1.24 bits per heavy atom. The smallest absolute Gasteiger partial charge is 0.226 e. The summed E-state index contributed by atoms with van der Waals surface area (Å²) >= 11 is 6.11. The van der Waals surface area contributed by atoms with E-state index in [1.54, 1.807) is 0 Å². The van der Waals surface area contributed by atoms with Crippen LogP contribution in [0.1, 0.15) is 12.0 Å². The lowest BCUT2D eigenvalue weighted by Crippen LogP contribution is -2.43. The maximum absolute atomic E-state index is 12.1. The minimum Gasteiger partial charge on any atom is -0.489 e. The van der Waals surface area contributed by atoms with Gasteiger partial charge in [0.25, 0.3) is 0 Å². The third kappa shape index (κ3) is 5.46. The molecule has 1 unspecified atom stereocenters. The number of benzene rings is 2. The van der Waals surface area contributed by atoms with Crippen molar-refractivity contribution in [2.75, 3.05) is 25.1 Å². The van der Waals surface area contributed by atoms with E-state index in [2.05, 4.69) is 10.6 Å². The molecular formula is C19H21ClN2O3. The van der Waals surface area contributed by atoms with Crippen LogP contribution in [0.2, 0.25) is 5.02 Å². The molecule has 0 aromatic heterocycles. The molecule has 0 spiro atoms. The average Bonchev–Trinajstić information content (AvgIpc) is 2.63.